The molecule has 0 amide bonds. The van der Waals surface area contributed by atoms with Gasteiger partial charge in [-0.1, -0.05) is 49.6 Å². The lowest BCUT2D eigenvalue weighted by Crippen LogP contribution is -2.30. The molecule has 0 radical (unpaired) electrons. The first-order valence-electron chi connectivity index (χ1n) is 13.3. The van der Waals surface area contributed by atoms with Crippen molar-refractivity contribution >= 4 is 0 Å². The number of aryl methyl sites for hydroxylation is 2. The SMILES string of the molecule is Cc1cccc(F)c1.Cc1nc(C(F)F)cn1-c1cc(C2CCCCC2)c(=O)n(Cc2ccccc2C(F)(F)F)n1. The lowest BCUT2D eigenvalue weighted by molar-refractivity contribution is -0.138. The summed E-state index contributed by atoms with van der Waals surface area (Å²) in [7, 11) is 0. The van der Waals surface area contributed by atoms with Crippen LogP contribution in [0.5, 0.6) is 0 Å². The van der Waals surface area contributed by atoms with Crippen LogP contribution in [-0.4, -0.2) is 19.3 Å². The Hall–Kier alpha value is -3.89. The highest BCUT2D eigenvalue weighted by Crippen LogP contribution is 2.33. The van der Waals surface area contributed by atoms with Crippen molar-refractivity contribution in [2.24, 2.45) is 0 Å². The van der Waals surface area contributed by atoms with Crippen LogP contribution >= 0.6 is 0 Å². The average Bonchev–Trinajstić information content (AvgIpc) is 3.32. The molecule has 11 heteroatoms. The van der Waals surface area contributed by atoms with E-state index < -0.39 is 36.0 Å². The molecule has 0 atom stereocenters. The predicted molar refractivity (Wildman–Crippen MR) is 143 cm³/mol. The van der Waals surface area contributed by atoms with Crippen molar-refractivity contribution in [3.8, 4) is 5.82 Å². The van der Waals surface area contributed by atoms with Gasteiger partial charge in [0, 0.05) is 11.8 Å². The summed E-state index contributed by atoms with van der Waals surface area (Å²) in [6.07, 6.45) is -1.72. The minimum atomic E-state index is -4.59. The normalized spacial score (nSPS) is 14.2. The summed E-state index contributed by atoms with van der Waals surface area (Å²) >= 11 is 0. The first-order valence-corrected chi connectivity index (χ1v) is 13.3. The number of hydrogen-bond acceptors (Lipinski definition) is 3. The van der Waals surface area contributed by atoms with Crippen molar-refractivity contribution in [1.82, 2.24) is 19.3 Å². The summed E-state index contributed by atoms with van der Waals surface area (Å²) in [5.41, 5.74) is -0.437. The van der Waals surface area contributed by atoms with Crippen LogP contribution in [0.2, 0.25) is 0 Å². The molecule has 1 aliphatic rings. The topological polar surface area (TPSA) is 52.7 Å². The molecular weight excluding hydrogens is 546 g/mol. The zero-order valence-electron chi connectivity index (χ0n) is 22.6. The van der Waals surface area contributed by atoms with E-state index in [4.69, 9.17) is 0 Å². The fourth-order valence-corrected chi connectivity index (χ4v) is 5.01. The van der Waals surface area contributed by atoms with Crippen molar-refractivity contribution in [2.45, 2.75) is 71.0 Å². The maximum Gasteiger partial charge on any atom is 0.416 e. The number of benzene rings is 2. The smallest absolute Gasteiger partial charge is 0.286 e. The molecule has 41 heavy (non-hydrogen) atoms. The molecule has 1 fully saturated rings. The van der Waals surface area contributed by atoms with Gasteiger partial charge in [-0.15, -0.1) is 0 Å². The third-order valence-electron chi connectivity index (χ3n) is 7.03. The highest BCUT2D eigenvalue weighted by molar-refractivity contribution is 5.33. The molecule has 2 heterocycles. The zero-order valence-corrected chi connectivity index (χ0v) is 22.6. The van der Waals surface area contributed by atoms with Gasteiger partial charge in [0.1, 0.15) is 17.3 Å². The molecular formula is C30H30F6N4O. The van der Waals surface area contributed by atoms with Gasteiger partial charge in [-0.3, -0.25) is 9.36 Å². The van der Waals surface area contributed by atoms with E-state index in [0.717, 1.165) is 54.6 Å². The minimum absolute atomic E-state index is 0.0597. The molecule has 0 unspecified atom stereocenters. The lowest BCUT2D eigenvalue weighted by atomic mass is 9.85. The van der Waals surface area contributed by atoms with Gasteiger partial charge in [-0.2, -0.15) is 18.3 Å². The van der Waals surface area contributed by atoms with Crippen molar-refractivity contribution in [1.29, 1.82) is 0 Å². The summed E-state index contributed by atoms with van der Waals surface area (Å²) in [6, 6.07) is 13.1. The number of rotatable bonds is 5. The van der Waals surface area contributed by atoms with Gasteiger partial charge in [-0.05, 0) is 68.0 Å². The molecule has 2 aromatic heterocycles. The number of imidazole rings is 1. The molecule has 0 N–H and O–H groups in total. The van der Waals surface area contributed by atoms with E-state index in [2.05, 4.69) is 10.1 Å². The average molecular weight is 577 g/mol. The molecule has 218 valence electrons. The highest BCUT2D eigenvalue weighted by atomic mass is 19.4. The molecule has 0 bridgehead atoms. The van der Waals surface area contributed by atoms with Gasteiger partial charge in [0.25, 0.3) is 12.0 Å². The van der Waals surface area contributed by atoms with Gasteiger partial charge in [0.2, 0.25) is 0 Å². The molecule has 0 aliphatic heterocycles. The predicted octanol–water partition coefficient (Wildman–Crippen LogP) is 7.92. The van der Waals surface area contributed by atoms with Crippen LogP contribution in [0.4, 0.5) is 26.3 Å². The lowest BCUT2D eigenvalue weighted by Gasteiger charge is -2.23. The third kappa shape index (κ3) is 7.45. The van der Waals surface area contributed by atoms with Gasteiger partial charge in [0.05, 0.1) is 12.1 Å². The van der Waals surface area contributed by atoms with E-state index in [1.54, 1.807) is 12.1 Å². The fraction of sp³-hybridized carbons (Fsp3) is 0.367. The molecule has 4 aromatic rings. The third-order valence-corrected chi connectivity index (χ3v) is 7.03. The molecule has 1 aliphatic carbocycles. The quantitative estimate of drug-likeness (QED) is 0.227. The van der Waals surface area contributed by atoms with E-state index >= 15 is 0 Å². The molecule has 1 saturated carbocycles. The van der Waals surface area contributed by atoms with Crippen LogP contribution in [0.25, 0.3) is 5.82 Å². The Morgan fingerprint density at radius 3 is 2.27 bits per heavy atom. The van der Waals surface area contributed by atoms with Crippen LogP contribution < -0.4 is 5.56 Å². The van der Waals surface area contributed by atoms with Crippen molar-refractivity contribution in [3.05, 3.63) is 111 Å². The maximum absolute atomic E-state index is 13.5. The van der Waals surface area contributed by atoms with Gasteiger partial charge >= 0.3 is 6.18 Å². The Labute approximate surface area is 233 Å². The van der Waals surface area contributed by atoms with E-state index in [1.807, 2.05) is 13.0 Å². The summed E-state index contributed by atoms with van der Waals surface area (Å²) < 4.78 is 81.4. The second-order valence-corrected chi connectivity index (χ2v) is 10.1. The van der Waals surface area contributed by atoms with Crippen LogP contribution in [0, 0.1) is 19.7 Å². The highest BCUT2D eigenvalue weighted by Gasteiger charge is 2.33. The largest absolute Gasteiger partial charge is 0.416 e. The first kappa shape index (κ1) is 30.1. The van der Waals surface area contributed by atoms with Gasteiger partial charge < -0.3 is 0 Å². The van der Waals surface area contributed by atoms with Crippen molar-refractivity contribution in [2.75, 3.05) is 0 Å². The Balaban J connectivity index is 0.000000417. The van der Waals surface area contributed by atoms with E-state index in [0.29, 0.717) is 5.56 Å². The fourth-order valence-electron chi connectivity index (χ4n) is 5.01. The number of alkyl halides is 5. The standard InChI is InChI=1S/C23H23F5N4O.C7H7F/c1-14-29-19(21(24)25)13-31(14)20-11-17(15-7-3-2-4-8-15)22(33)32(30-20)12-16-9-5-6-10-18(16)23(26,27)28;1-6-3-2-4-7(8)5-6/h5-6,9-11,13,15,21H,2-4,7-8,12H2,1H3;2-5H,1H3. The first-order chi connectivity index (χ1) is 19.4. The van der Waals surface area contributed by atoms with Crippen LogP contribution in [0.1, 0.15) is 78.2 Å². The van der Waals surface area contributed by atoms with Crippen LogP contribution in [0.15, 0.2) is 65.6 Å². The Bertz CT molecular complexity index is 1520. The van der Waals surface area contributed by atoms with Crippen LogP contribution in [0.3, 0.4) is 0 Å². The molecule has 0 saturated heterocycles. The Morgan fingerprint density at radius 2 is 1.68 bits per heavy atom. The molecule has 2 aromatic carbocycles. The second kappa shape index (κ2) is 12.7. The number of halogens is 6. The number of aromatic nitrogens is 4. The summed E-state index contributed by atoms with van der Waals surface area (Å²) in [6.45, 7) is 3.00. The Morgan fingerprint density at radius 1 is 0.976 bits per heavy atom. The van der Waals surface area contributed by atoms with E-state index in [-0.39, 0.29) is 28.9 Å². The molecule has 5 nitrogen and oxygen atoms in total. The van der Waals surface area contributed by atoms with Gasteiger partial charge in [0.15, 0.2) is 5.82 Å². The van der Waals surface area contributed by atoms with Crippen molar-refractivity contribution < 1.29 is 26.3 Å². The second-order valence-electron chi connectivity index (χ2n) is 10.1. The zero-order chi connectivity index (χ0) is 29.7. The van der Waals surface area contributed by atoms with Crippen molar-refractivity contribution in [3.63, 3.8) is 0 Å². The van der Waals surface area contributed by atoms with E-state index in [1.165, 1.54) is 41.8 Å². The Kier molecular flexibility index (Phi) is 9.35. The summed E-state index contributed by atoms with van der Waals surface area (Å²) in [5, 5.41) is 4.26. The van der Waals surface area contributed by atoms with Crippen LogP contribution in [-0.2, 0) is 12.7 Å². The minimum Gasteiger partial charge on any atom is -0.286 e. The summed E-state index contributed by atoms with van der Waals surface area (Å²) in [5.74, 6) is 0.199. The maximum atomic E-state index is 13.5. The summed E-state index contributed by atoms with van der Waals surface area (Å²) in [4.78, 5) is 17.1. The monoisotopic (exact) mass is 576 g/mol. The number of nitrogens with zero attached hydrogens (tertiary/aromatic N) is 4. The molecule has 0 spiro atoms. The van der Waals surface area contributed by atoms with E-state index in [9.17, 15) is 31.1 Å². The van der Waals surface area contributed by atoms with Gasteiger partial charge in [-0.25, -0.2) is 22.8 Å². The molecule has 5 rings (SSSR count). The number of hydrogen-bond donors (Lipinski definition) is 0.